The predicted octanol–water partition coefficient (Wildman–Crippen LogP) is 5.64. The van der Waals surface area contributed by atoms with Crippen molar-refractivity contribution in [2.45, 2.75) is 39.6 Å². The largest absolute Gasteiger partial charge is 0.573 e. The molecule has 32 heavy (non-hydrogen) atoms. The average molecular weight is 465 g/mol. The van der Waals surface area contributed by atoms with Crippen molar-refractivity contribution < 1.29 is 26.3 Å². The fourth-order valence-electron chi connectivity index (χ4n) is 3.53. The maximum Gasteiger partial charge on any atom is 0.573 e. The van der Waals surface area contributed by atoms with E-state index >= 15 is 0 Å². The summed E-state index contributed by atoms with van der Waals surface area (Å²) < 4.78 is 70.4. The number of benzene rings is 2. The lowest BCUT2D eigenvalue weighted by Crippen LogP contribution is -2.17. The predicted molar refractivity (Wildman–Crippen MR) is 117 cm³/mol. The van der Waals surface area contributed by atoms with Crippen LogP contribution in [-0.4, -0.2) is 25.1 Å². The van der Waals surface area contributed by atoms with Crippen LogP contribution in [0.1, 0.15) is 32.3 Å². The van der Waals surface area contributed by atoms with Crippen LogP contribution in [-0.2, 0) is 16.6 Å². The van der Waals surface area contributed by atoms with Crippen molar-refractivity contribution in [3.63, 3.8) is 0 Å². The molecular weight excluding hydrogens is 443 g/mol. The van der Waals surface area contributed by atoms with E-state index in [1.165, 1.54) is 18.2 Å². The molecule has 0 unspecified atom stereocenters. The molecule has 0 atom stereocenters. The minimum absolute atomic E-state index is 0.0240. The van der Waals surface area contributed by atoms with Crippen LogP contribution in [0.15, 0.2) is 42.5 Å². The first-order chi connectivity index (χ1) is 15.1. The van der Waals surface area contributed by atoms with Crippen molar-refractivity contribution >= 4 is 26.6 Å². The smallest absolute Gasteiger partial charge is 0.406 e. The number of fused-ring (bicyclic) bond motifs is 1. The third-order valence-corrected chi connectivity index (χ3v) is 6.27. The third kappa shape index (κ3) is 5.16. The Balaban J connectivity index is 2.03. The Kier molecular flexibility index (Phi) is 6.69. The number of halogens is 3. The SMILES string of the molecule is CCCCS(=O)(=O)Nc1ccc(-c2c(C#N)c3ccc(OC(F)(F)F)cc3n2CC)cc1. The van der Waals surface area contributed by atoms with E-state index in [1.807, 2.05) is 13.8 Å². The Bertz CT molecular complexity index is 1260. The van der Waals surface area contributed by atoms with Crippen molar-refractivity contribution in [1.29, 1.82) is 5.26 Å². The van der Waals surface area contributed by atoms with Gasteiger partial charge in [0.2, 0.25) is 10.0 Å². The van der Waals surface area contributed by atoms with Gasteiger partial charge in [0.25, 0.3) is 0 Å². The first-order valence-corrected chi connectivity index (χ1v) is 11.7. The lowest BCUT2D eigenvalue weighted by molar-refractivity contribution is -0.274. The second-order valence-corrected chi connectivity index (χ2v) is 9.00. The van der Waals surface area contributed by atoms with E-state index < -0.39 is 16.4 Å². The second-order valence-electron chi connectivity index (χ2n) is 7.16. The summed E-state index contributed by atoms with van der Waals surface area (Å²) in [7, 11) is -3.45. The zero-order chi connectivity index (χ0) is 23.5. The van der Waals surface area contributed by atoms with E-state index in [9.17, 15) is 26.9 Å². The van der Waals surface area contributed by atoms with Gasteiger partial charge in [-0.1, -0.05) is 25.5 Å². The lowest BCUT2D eigenvalue weighted by Gasteiger charge is -2.12. The molecule has 0 spiro atoms. The van der Waals surface area contributed by atoms with Crippen molar-refractivity contribution in [1.82, 2.24) is 4.57 Å². The highest BCUT2D eigenvalue weighted by Gasteiger charge is 2.31. The molecular formula is C22H22F3N3O3S. The molecule has 0 fully saturated rings. The van der Waals surface area contributed by atoms with Crippen LogP contribution in [0.4, 0.5) is 18.9 Å². The summed E-state index contributed by atoms with van der Waals surface area (Å²) in [4.78, 5) is 0. The number of aryl methyl sites for hydroxylation is 1. The van der Waals surface area contributed by atoms with Crippen molar-refractivity contribution in [2.75, 3.05) is 10.5 Å². The number of aromatic nitrogens is 1. The first kappa shape index (κ1) is 23.5. The van der Waals surface area contributed by atoms with E-state index in [4.69, 9.17) is 0 Å². The molecule has 0 aliphatic heterocycles. The Morgan fingerprint density at radius 1 is 1.12 bits per heavy atom. The van der Waals surface area contributed by atoms with Gasteiger partial charge in [0.1, 0.15) is 11.8 Å². The molecule has 0 saturated heterocycles. The number of nitrogens with one attached hydrogen (secondary N) is 1. The molecule has 2 aromatic carbocycles. The Morgan fingerprint density at radius 2 is 1.81 bits per heavy atom. The van der Waals surface area contributed by atoms with Gasteiger partial charge in [-0.25, -0.2) is 8.42 Å². The van der Waals surface area contributed by atoms with Crippen LogP contribution in [0.25, 0.3) is 22.2 Å². The van der Waals surface area contributed by atoms with Crippen LogP contribution >= 0.6 is 0 Å². The maximum atomic E-state index is 12.6. The number of ether oxygens (including phenoxy) is 1. The molecule has 3 rings (SSSR count). The number of hydrogen-bond acceptors (Lipinski definition) is 4. The molecule has 1 N–H and O–H groups in total. The van der Waals surface area contributed by atoms with E-state index in [0.717, 1.165) is 6.42 Å². The zero-order valence-electron chi connectivity index (χ0n) is 17.5. The van der Waals surface area contributed by atoms with Crippen LogP contribution in [0.2, 0.25) is 0 Å². The highest BCUT2D eigenvalue weighted by Crippen LogP contribution is 2.36. The van der Waals surface area contributed by atoms with Gasteiger partial charge in [-0.05, 0) is 43.2 Å². The number of rotatable bonds is 8. The Hall–Kier alpha value is -3.19. The molecule has 170 valence electrons. The quantitative estimate of drug-likeness (QED) is 0.467. The summed E-state index contributed by atoms with van der Waals surface area (Å²) in [6.45, 7) is 4.12. The van der Waals surface area contributed by atoms with Gasteiger partial charge in [0.05, 0.1) is 22.5 Å². The number of hydrogen-bond donors (Lipinski definition) is 1. The number of nitriles is 1. The molecule has 1 heterocycles. The standard InChI is InChI=1S/C22H22F3N3O3S/c1-3-5-12-32(29,30)27-16-8-6-15(7-9-16)21-19(14-26)18-11-10-17(31-22(23,24)25)13-20(18)28(21)4-2/h6-11,13,27H,3-5,12H2,1-2H3. The molecule has 3 aromatic rings. The summed E-state index contributed by atoms with van der Waals surface area (Å²) in [5.41, 5.74) is 2.31. The Morgan fingerprint density at radius 3 is 2.38 bits per heavy atom. The lowest BCUT2D eigenvalue weighted by atomic mass is 10.1. The van der Waals surface area contributed by atoms with Crippen molar-refractivity contribution in [2.24, 2.45) is 0 Å². The van der Waals surface area contributed by atoms with E-state index in [-0.39, 0.29) is 11.5 Å². The van der Waals surface area contributed by atoms with Gasteiger partial charge in [-0.15, -0.1) is 13.2 Å². The molecule has 0 radical (unpaired) electrons. The molecule has 6 nitrogen and oxygen atoms in total. The summed E-state index contributed by atoms with van der Waals surface area (Å²) in [6, 6.07) is 12.5. The minimum atomic E-state index is -4.82. The van der Waals surface area contributed by atoms with Crippen molar-refractivity contribution in [3.8, 4) is 23.1 Å². The van der Waals surface area contributed by atoms with Crippen LogP contribution < -0.4 is 9.46 Å². The summed E-state index contributed by atoms with van der Waals surface area (Å²) in [5, 5.41) is 10.3. The number of nitrogens with zero attached hydrogens (tertiary/aromatic N) is 2. The van der Waals surface area contributed by atoms with Gasteiger partial charge < -0.3 is 9.30 Å². The van der Waals surface area contributed by atoms with Crippen LogP contribution in [0.5, 0.6) is 5.75 Å². The normalized spacial score (nSPS) is 12.0. The number of anilines is 1. The van der Waals surface area contributed by atoms with Crippen molar-refractivity contribution in [3.05, 3.63) is 48.0 Å². The second kappa shape index (κ2) is 9.12. The van der Waals surface area contributed by atoms with Gasteiger partial charge in [0, 0.05) is 23.7 Å². The monoisotopic (exact) mass is 465 g/mol. The number of alkyl halides is 3. The van der Waals surface area contributed by atoms with Gasteiger partial charge in [-0.3, -0.25) is 4.72 Å². The third-order valence-electron chi connectivity index (χ3n) is 4.90. The molecule has 0 aliphatic rings. The molecule has 0 aliphatic carbocycles. The first-order valence-electron chi connectivity index (χ1n) is 10.0. The van der Waals surface area contributed by atoms with Gasteiger partial charge >= 0.3 is 6.36 Å². The van der Waals surface area contributed by atoms with Gasteiger partial charge in [-0.2, -0.15) is 5.26 Å². The Labute approximate surface area is 184 Å². The van der Waals surface area contributed by atoms with Crippen LogP contribution in [0.3, 0.4) is 0 Å². The van der Waals surface area contributed by atoms with E-state index in [0.29, 0.717) is 46.4 Å². The zero-order valence-corrected chi connectivity index (χ0v) is 18.3. The highest BCUT2D eigenvalue weighted by molar-refractivity contribution is 7.92. The molecule has 0 saturated carbocycles. The molecule has 10 heteroatoms. The van der Waals surface area contributed by atoms with Gasteiger partial charge in [0.15, 0.2) is 0 Å². The number of sulfonamides is 1. The number of unbranched alkanes of at least 4 members (excludes halogenated alkanes) is 1. The summed E-state index contributed by atoms with van der Waals surface area (Å²) >= 11 is 0. The average Bonchev–Trinajstić information content (AvgIpc) is 3.04. The minimum Gasteiger partial charge on any atom is -0.406 e. The molecule has 1 aromatic heterocycles. The summed E-state index contributed by atoms with van der Waals surface area (Å²) in [6.07, 6.45) is -3.51. The topological polar surface area (TPSA) is 84.1 Å². The van der Waals surface area contributed by atoms with E-state index in [1.54, 1.807) is 28.8 Å². The fourth-order valence-corrected chi connectivity index (χ4v) is 4.80. The summed E-state index contributed by atoms with van der Waals surface area (Å²) in [5.74, 6) is -0.346. The highest BCUT2D eigenvalue weighted by atomic mass is 32.2. The fraction of sp³-hybridized carbons (Fsp3) is 0.318. The molecule has 0 bridgehead atoms. The maximum absolute atomic E-state index is 12.6. The molecule has 0 amide bonds. The van der Waals surface area contributed by atoms with E-state index in [2.05, 4.69) is 15.5 Å². The van der Waals surface area contributed by atoms with Crippen LogP contribution in [0, 0.1) is 11.3 Å².